The zero-order valence-corrected chi connectivity index (χ0v) is 12.5. The van der Waals surface area contributed by atoms with Gasteiger partial charge in [0.25, 0.3) is 11.6 Å². The van der Waals surface area contributed by atoms with E-state index in [1.54, 1.807) is 19.2 Å². The van der Waals surface area contributed by atoms with E-state index in [0.29, 0.717) is 18.8 Å². The van der Waals surface area contributed by atoms with Gasteiger partial charge in [0, 0.05) is 25.3 Å². The number of nitrogens with zero attached hydrogens (tertiary/aromatic N) is 1. The minimum atomic E-state index is -0.499. The molecule has 1 aromatic carbocycles. The van der Waals surface area contributed by atoms with Crippen molar-refractivity contribution in [3.05, 3.63) is 33.9 Å². The molecule has 0 aliphatic carbocycles. The molecule has 7 heteroatoms. The first-order valence-corrected chi connectivity index (χ1v) is 6.85. The fourth-order valence-electron chi connectivity index (χ4n) is 1.90. The quantitative estimate of drug-likeness (QED) is 0.566. The van der Waals surface area contributed by atoms with Crippen LogP contribution >= 0.6 is 0 Å². The summed E-state index contributed by atoms with van der Waals surface area (Å²) >= 11 is 0. The highest BCUT2D eigenvalue weighted by atomic mass is 16.6. The van der Waals surface area contributed by atoms with Crippen LogP contribution in [-0.4, -0.2) is 37.1 Å². The van der Waals surface area contributed by atoms with Gasteiger partial charge in [-0.3, -0.25) is 14.9 Å². The Balaban J connectivity index is 2.95. The number of nitro benzene ring substituents is 1. The lowest BCUT2D eigenvalue weighted by Gasteiger charge is -2.16. The van der Waals surface area contributed by atoms with Crippen LogP contribution in [0.25, 0.3) is 0 Å². The maximum atomic E-state index is 12.1. The van der Waals surface area contributed by atoms with Gasteiger partial charge in [-0.15, -0.1) is 0 Å². The van der Waals surface area contributed by atoms with Gasteiger partial charge >= 0.3 is 0 Å². The summed E-state index contributed by atoms with van der Waals surface area (Å²) in [6.45, 7) is 4.75. The van der Waals surface area contributed by atoms with Crippen molar-refractivity contribution in [3.63, 3.8) is 0 Å². The molecule has 1 unspecified atom stereocenters. The van der Waals surface area contributed by atoms with Crippen molar-refractivity contribution in [2.45, 2.75) is 26.3 Å². The Labute approximate surface area is 123 Å². The van der Waals surface area contributed by atoms with Crippen molar-refractivity contribution in [3.8, 4) is 0 Å². The molecular weight excluding hydrogens is 274 g/mol. The summed E-state index contributed by atoms with van der Waals surface area (Å²) in [5, 5.41) is 16.8. The first kappa shape index (κ1) is 16.9. The summed E-state index contributed by atoms with van der Waals surface area (Å²) in [7, 11) is 1.56. The monoisotopic (exact) mass is 295 g/mol. The van der Waals surface area contributed by atoms with Crippen molar-refractivity contribution < 1.29 is 14.5 Å². The van der Waals surface area contributed by atoms with Crippen molar-refractivity contribution in [2.24, 2.45) is 0 Å². The fourth-order valence-corrected chi connectivity index (χ4v) is 1.90. The number of carbonyl (C=O) groups is 1. The van der Waals surface area contributed by atoms with Gasteiger partial charge in [-0.1, -0.05) is 6.92 Å². The van der Waals surface area contributed by atoms with Crippen LogP contribution in [0.15, 0.2) is 18.2 Å². The van der Waals surface area contributed by atoms with Crippen LogP contribution in [0.3, 0.4) is 0 Å². The Hall–Kier alpha value is -2.15. The molecule has 0 saturated heterocycles. The Kier molecular flexibility index (Phi) is 6.61. The topological polar surface area (TPSA) is 93.5 Å². The minimum Gasteiger partial charge on any atom is -0.383 e. The molecule has 7 nitrogen and oxygen atoms in total. The highest BCUT2D eigenvalue weighted by Gasteiger charge is 2.18. The number of anilines is 1. The van der Waals surface area contributed by atoms with Crippen molar-refractivity contribution in [2.75, 3.05) is 25.6 Å². The summed E-state index contributed by atoms with van der Waals surface area (Å²) in [6, 6.07) is 4.29. The second-order valence-corrected chi connectivity index (χ2v) is 4.55. The van der Waals surface area contributed by atoms with Gasteiger partial charge in [-0.2, -0.15) is 0 Å². The van der Waals surface area contributed by atoms with E-state index in [4.69, 9.17) is 4.74 Å². The standard InChI is InChI=1S/C14H21N3O4/c1-4-11(9-21-3)16-14(18)10-6-7-12(15-5-2)13(8-10)17(19)20/h6-8,11,15H,4-5,9H2,1-3H3,(H,16,18). The largest absolute Gasteiger partial charge is 0.383 e. The molecule has 0 heterocycles. The van der Waals surface area contributed by atoms with Crippen molar-refractivity contribution in [1.29, 1.82) is 0 Å². The van der Waals surface area contributed by atoms with Crippen LogP contribution < -0.4 is 10.6 Å². The maximum absolute atomic E-state index is 12.1. The van der Waals surface area contributed by atoms with Crippen LogP contribution in [0, 0.1) is 10.1 Å². The predicted molar refractivity (Wildman–Crippen MR) is 80.7 cm³/mol. The minimum absolute atomic E-state index is 0.107. The molecule has 21 heavy (non-hydrogen) atoms. The lowest BCUT2D eigenvalue weighted by atomic mass is 10.1. The van der Waals surface area contributed by atoms with Crippen LogP contribution in [0.4, 0.5) is 11.4 Å². The smallest absolute Gasteiger partial charge is 0.293 e. The number of methoxy groups -OCH3 is 1. The predicted octanol–water partition coefficient (Wildman–Crippen LogP) is 2.18. The van der Waals surface area contributed by atoms with E-state index in [2.05, 4.69) is 10.6 Å². The Morgan fingerprint density at radius 3 is 2.67 bits per heavy atom. The van der Waals surface area contributed by atoms with Gasteiger partial charge in [0.2, 0.25) is 0 Å². The highest BCUT2D eigenvalue weighted by molar-refractivity contribution is 5.95. The number of amides is 1. The van der Waals surface area contributed by atoms with Gasteiger partial charge in [0.15, 0.2) is 0 Å². The zero-order chi connectivity index (χ0) is 15.8. The number of hydrogen-bond donors (Lipinski definition) is 2. The second kappa shape index (κ2) is 8.21. The molecule has 1 amide bonds. The first-order valence-electron chi connectivity index (χ1n) is 6.85. The lowest BCUT2D eigenvalue weighted by Crippen LogP contribution is -2.37. The summed E-state index contributed by atoms with van der Waals surface area (Å²) in [5.74, 6) is -0.343. The number of nitro groups is 1. The molecule has 2 N–H and O–H groups in total. The zero-order valence-electron chi connectivity index (χ0n) is 12.5. The molecule has 0 fully saturated rings. The van der Waals surface area contributed by atoms with Crippen LogP contribution in [-0.2, 0) is 4.74 Å². The normalized spacial score (nSPS) is 11.8. The molecule has 1 atom stereocenters. The summed E-state index contributed by atoms with van der Waals surface area (Å²) in [6.07, 6.45) is 0.719. The summed E-state index contributed by atoms with van der Waals surface area (Å²) in [4.78, 5) is 22.7. The van der Waals surface area contributed by atoms with Crippen molar-refractivity contribution >= 4 is 17.3 Å². The summed E-state index contributed by atoms with van der Waals surface area (Å²) in [5.41, 5.74) is 0.560. The molecule has 1 rings (SSSR count). The van der Waals surface area contributed by atoms with Crippen LogP contribution in [0.5, 0.6) is 0 Å². The van der Waals surface area contributed by atoms with E-state index in [-0.39, 0.29) is 23.2 Å². The van der Waals surface area contributed by atoms with Gasteiger partial charge in [0.1, 0.15) is 5.69 Å². The van der Waals surface area contributed by atoms with E-state index in [1.165, 1.54) is 6.07 Å². The number of hydrogen-bond acceptors (Lipinski definition) is 5. The highest BCUT2D eigenvalue weighted by Crippen LogP contribution is 2.25. The van der Waals surface area contributed by atoms with Gasteiger partial charge in [0.05, 0.1) is 17.6 Å². The number of rotatable bonds is 8. The third-order valence-corrected chi connectivity index (χ3v) is 3.02. The molecular formula is C14H21N3O4. The second-order valence-electron chi connectivity index (χ2n) is 4.55. The number of benzene rings is 1. The molecule has 0 aliphatic rings. The third kappa shape index (κ3) is 4.71. The van der Waals surface area contributed by atoms with Gasteiger partial charge < -0.3 is 15.4 Å². The molecule has 0 radical (unpaired) electrons. The number of carbonyl (C=O) groups excluding carboxylic acids is 1. The number of nitrogens with one attached hydrogen (secondary N) is 2. The molecule has 0 saturated carbocycles. The van der Waals surface area contributed by atoms with E-state index in [1.807, 2.05) is 13.8 Å². The Bertz CT molecular complexity index is 505. The van der Waals surface area contributed by atoms with Crippen molar-refractivity contribution in [1.82, 2.24) is 5.32 Å². The Morgan fingerprint density at radius 1 is 1.43 bits per heavy atom. The SMILES string of the molecule is CCNc1ccc(C(=O)NC(CC)COC)cc1[N+](=O)[O-]. The molecule has 0 spiro atoms. The lowest BCUT2D eigenvalue weighted by molar-refractivity contribution is -0.384. The fraction of sp³-hybridized carbons (Fsp3) is 0.500. The average molecular weight is 295 g/mol. The Morgan fingerprint density at radius 2 is 2.14 bits per heavy atom. The van der Waals surface area contributed by atoms with Crippen LogP contribution in [0.2, 0.25) is 0 Å². The van der Waals surface area contributed by atoms with E-state index >= 15 is 0 Å². The molecule has 1 aromatic rings. The average Bonchev–Trinajstić information content (AvgIpc) is 2.47. The third-order valence-electron chi connectivity index (χ3n) is 3.02. The van der Waals surface area contributed by atoms with E-state index in [9.17, 15) is 14.9 Å². The maximum Gasteiger partial charge on any atom is 0.293 e. The molecule has 0 aliphatic heterocycles. The first-order chi connectivity index (χ1) is 10.0. The molecule has 0 aromatic heterocycles. The van der Waals surface area contributed by atoms with E-state index in [0.717, 1.165) is 6.42 Å². The van der Waals surface area contributed by atoms with Crippen LogP contribution in [0.1, 0.15) is 30.6 Å². The number of ether oxygens (including phenoxy) is 1. The molecule has 0 bridgehead atoms. The van der Waals surface area contributed by atoms with Gasteiger partial charge in [-0.25, -0.2) is 0 Å². The summed E-state index contributed by atoms with van der Waals surface area (Å²) < 4.78 is 5.01. The van der Waals surface area contributed by atoms with E-state index < -0.39 is 4.92 Å². The molecule has 116 valence electrons. The van der Waals surface area contributed by atoms with Gasteiger partial charge in [-0.05, 0) is 25.5 Å².